The second-order valence-electron chi connectivity index (χ2n) is 8.65. The molecule has 12 heteroatoms. The topological polar surface area (TPSA) is 139 Å². The van der Waals surface area contributed by atoms with E-state index in [1.54, 1.807) is 42.5 Å². The minimum atomic E-state index is -0.599. The Kier molecular flexibility index (Phi) is 7.48. The zero-order valence-corrected chi connectivity index (χ0v) is 21.3. The number of thiocarbonyl (C=S) groups is 1. The normalized spacial score (nSPS) is 13.1. The molecule has 1 aliphatic heterocycles. The number of ether oxygens (including phenoxy) is 1. The molecule has 1 aromatic heterocycles. The predicted octanol–water partition coefficient (Wildman–Crippen LogP) is 4.56. The smallest absolute Gasteiger partial charge is 0.293 e. The molecule has 3 N–H and O–H groups in total. The number of morpholine rings is 1. The molecule has 1 aliphatic rings. The van der Waals surface area contributed by atoms with Gasteiger partial charge in [-0.25, -0.2) is 0 Å². The highest BCUT2D eigenvalue weighted by molar-refractivity contribution is 7.80. The third-order valence-electron chi connectivity index (χ3n) is 6.04. The molecule has 0 saturated carbocycles. The van der Waals surface area contributed by atoms with E-state index < -0.39 is 16.7 Å². The molecule has 5 rings (SSSR count). The van der Waals surface area contributed by atoms with Gasteiger partial charge in [0.15, 0.2) is 10.9 Å². The lowest BCUT2D eigenvalue weighted by molar-refractivity contribution is -0.384. The molecule has 1 fully saturated rings. The zero-order valence-electron chi connectivity index (χ0n) is 20.5. The minimum absolute atomic E-state index is 0.0133. The van der Waals surface area contributed by atoms with Crippen LogP contribution in [0.4, 0.5) is 22.7 Å². The van der Waals surface area contributed by atoms with E-state index in [1.165, 1.54) is 12.1 Å². The highest BCUT2D eigenvalue weighted by atomic mass is 32.1. The van der Waals surface area contributed by atoms with E-state index in [9.17, 15) is 19.7 Å². The number of benzene rings is 3. The Balaban J connectivity index is 1.22. The Bertz CT molecular complexity index is 1550. The Morgan fingerprint density at radius 1 is 0.897 bits per heavy atom. The van der Waals surface area contributed by atoms with Gasteiger partial charge in [-0.1, -0.05) is 24.3 Å². The number of furan rings is 1. The minimum Gasteiger partial charge on any atom is -0.451 e. The van der Waals surface area contributed by atoms with Crippen LogP contribution < -0.4 is 20.9 Å². The molecule has 0 radical (unpaired) electrons. The molecular weight excluding hydrogens is 522 g/mol. The van der Waals surface area contributed by atoms with E-state index >= 15 is 0 Å². The highest BCUT2D eigenvalue weighted by Crippen LogP contribution is 2.30. The first-order valence-corrected chi connectivity index (χ1v) is 12.4. The third-order valence-corrected chi connectivity index (χ3v) is 6.24. The average Bonchev–Trinajstić information content (AvgIpc) is 3.38. The van der Waals surface area contributed by atoms with Gasteiger partial charge >= 0.3 is 0 Å². The fourth-order valence-corrected chi connectivity index (χ4v) is 4.39. The van der Waals surface area contributed by atoms with Gasteiger partial charge in [-0.05, 0) is 54.7 Å². The van der Waals surface area contributed by atoms with Crippen LogP contribution in [0.25, 0.3) is 11.0 Å². The van der Waals surface area contributed by atoms with E-state index in [0.29, 0.717) is 48.9 Å². The number of nitro benzene ring substituents is 1. The van der Waals surface area contributed by atoms with Gasteiger partial charge in [0.2, 0.25) is 0 Å². The Hall–Kier alpha value is -4.81. The SMILES string of the molecule is O=C(NC(=S)Nc1cccc(NC(=O)c2cc3ccccc3o2)c1)c1ccc(N2CCOCC2)c([N+](=O)[O-])c1. The summed E-state index contributed by atoms with van der Waals surface area (Å²) < 4.78 is 10.9. The number of carbonyl (C=O) groups excluding carboxylic acids is 2. The Morgan fingerprint density at radius 3 is 2.38 bits per heavy atom. The number of rotatable bonds is 6. The van der Waals surface area contributed by atoms with Crippen LogP contribution in [0.3, 0.4) is 0 Å². The van der Waals surface area contributed by atoms with Crippen molar-refractivity contribution in [1.82, 2.24) is 5.32 Å². The second-order valence-corrected chi connectivity index (χ2v) is 9.06. The zero-order chi connectivity index (χ0) is 27.4. The fraction of sp³-hybridized carbons (Fsp3) is 0.148. The summed E-state index contributed by atoms with van der Waals surface area (Å²) in [6, 6.07) is 20.0. The lowest BCUT2D eigenvalue weighted by Crippen LogP contribution is -2.37. The molecule has 0 atom stereocenters. The van der Waals surface area contributed by atoms with Crippen molar-refractivity contribution in [2.45, 2.75) is 0 Å². The number of hydrogen-bond acceptors (Lipinski definition) is 8. The quantitative estimate of drug-likeness (QED) is 0.181. The van der Waals surface area contributed by atoms with E-state index in [0.717, 1.165) is 5.39 Å². The number of fused-ring (bicyclic) bond motifs is 1. The number of nitro groups is 1. The lowest BCUT2D eigenvalue weighted by Gasteiger charge is -2.28. The molecule has 4 aromatic rings. The van der Waals surface area contributed by atoms with Crippen molar-refractivity contribution in [2.24, 2.45) is 0 Å². The summed E-state index contributed by atoms with van der Waals surface area (Å²) >= 11 is 5.27. The molecule has 198 valence electrons. The summed E-state index contributed by atoms with van der Waals surface area (Å²) in [5.74, 6) is -0.842. The molecule has 0 bridgehead atoms. The van der Waals surface area contributed by atoms with Crippen molar-refractivity contribution in [1.29, 1.82) is 0 Å². The maximum absolute atomic E-state index is 12.8. The first-order chi connectivity index (χ1) is 18.9. The van der Waals surface area contributed by atoms with Crippen molar-refractivity contribution in [2.75, 3.05) is 41.8 Å². The molecule has 0 spiro atoms. The van der Waals surface area contributed by atoms with Crippen molar-refractivity contribution >= 4 is 62.9 Å². The van der Waals surface area contributed by atoms with Crippen molar-refractivity contribution in [3.05, 3.63) is 94.2 Å². The second kappa shape index (κ2) is 11.3. The standard InChI is InChI=1S/C27H23N5O6S/c33-25(18-8-9-21(22(14-18)32(35)36)31-10-12-37-13-11-31)30-27(39)29-20-6-3-5-19(16-20)28-26(34)24-15-17-4-1-2-7-23(17)38-24/h1-9,14-16H,10-13H2,(H,28,34)(H2,29,30,33,39). The number of para-hydroxylation sites is 1. The monoisotopic (exact) mass is 545 g/mol. The number of amides is 2. The molecule has 3 aromatic carbocycles. The summed E-state index contributed by atoms with van der Waals surface area (Å²) in [4.78, 5) is 38.5. The Labute approximate surface area is 227 Å². The van der Waals surface area contributed by atoms with Crippen LogP contribution in [0.15, 0.2) is 77.2 Å². The summed E-state index contributed by atoms with van der Waals surface area (Å²) in [6.07, 6.45) is 0. The molecule has 11 nitrogen and oxygen atoms in total. The van der Waals surface area contributed by atoms with Crippen LogP contribution in [-0.4, -0.2) is 48.2 Å². The van der Waals surface area contributed by atoms with Crippen LogP contribution >= 0.6 is 12.2 Å². The van der Waals surface area contributed by atoms with Crippen molar-refractivity contribution < 1.29 is 23.7 Å². The van der Waals surface area contributed by atoms with Crippen molar-refractivity contribution in [3.63, 3.8) is 0 Å². The van der Waals surface area contributed by atoms with Gasteiger partial charge in [0, 0.05) is 41.5 Å². The lowest BCUT2D eigenvalue weighted by atomic mass is 10.1. The van der Waals surface area contributed by atoms with E-state index in [-0.39, 0.29) is 22.1 Å². The summed E-state index contributed by atoms with van der Waals surface area (Å²) in [7, 11) is 0. The van der Waals surface area contributed by atoms with Crippen LogP contribution in [0.1, 0.15) is 20.9 Å². The molecule has 39 heavy (non-hydrogen) atoms. The first-order valence-electron chi connectivity index (χ1n) is 12.0. The average molecular weight is 546 g/mol. The summed E-state index contributed by atoms with van der Waals surface area (Å²) in [5, 5.41) is 20.7. The van der Waals surface area contributed by atoms with E-state index in [2.05, 4.69) is 16.0 Å². The fourth-order valence-electron chi connectivity index (χ4n) is 4.18. The van der Waals surface area contributed by atoms with E-state index in [1.807, 2.05) is 23.1 Å². The summed E-state index contributed by atoms with van der Waals surface area (Å²) in [5.41, 5.74) is 1.96. The molecule has 2 heterocycles. The summed E-state index contributed by atoms with van der Waals surface area (Å²) in [6.45, 7) is 2.00. The highest BCUT2D eigenvalue weighted by Gasteiger charge is 2.23. The Morgan fingerprint density at radius 2 is 1.64 bits per heavy atom. The maximum Gasteiger partial charge on any atom is 0.293 e. The molecule has 0 unspecified atom stereocenters. The van der Waals surface area contributed by atoms with Crippen LogP contribution in [0.2, 0.25) is 0 Å². The van der Waals surface area contributed by atoms with Crippen LogP contribution in [-0.2, 0) is 4.74 Å². The van der Waals surface area contributed by atoms with Gasteiger partial charge in [-0.3, -0.25) is 25.0 Å². The number of carbonyl (C=O) groups is 2. The third kappa shape index (κ3) is 6.03. The van der Waals surface area contributed by atoms with Gasteiger partial charge in [0.05, 0.1) is 18.1 Å². The number of anilines is 3. The molecule has 1 saturated heterocycles. The van der Waals surface area contributed by atoms with Gasteiger partial charge in [-0.2, -0.15) is 0 Å². The number of hydrogen-bond donors (Lipinski definition) is 3. The number of nitrogens with zero attached hydrogens (tertiary/aromatic N) is 2. The van der Waals surface area contributed by atoms with Crippen LogP contribution in [0.5, 0.6) is 0 Å². The van der Waals surface area contributed by atoms with Crippen LogP contribution in [0, 0.1) is 10.1 Å². The molecular formula is C27H23N5O6S. The maximum atomic E-state index is 12.8. The van der Waals surface area contributed by atoms with Crippen molar-refractivity contribution in [3.8, 4) is 0 Å². The van der Waals surface area contributed by atoms with Gasteiger partial charge in [0.1, 0.15) is 11.3 Å². The van der Waals surface area contributed by atoms with Gasteiger partial charge < -0.3 is 24.7 Å². The van der Waals surface area contributed by atoms with Gasteiger partial charge in [-0.15, -0.1) is 0 Å². The van der Waals surface area contributed by atoms with Gasteiger partial charge in [0.25, 0.3) is 17.5 Å². The molecule has 0 aliphatic carbocycles. The largest absolute Gasteiger partial charge is 0.451 e. The molecule has 2 amide bonds. The number of nitrogens with one attached hydrogen (secondary N) is 3. The first kappa shape index (κ1) is 25.8. The predicted molar refractivity (Wildman–Crippen MR) is 150 cm³/mol. The van der Waals surface area contributed by atoms with E-state index in [4.69, 9.17) is 21.4 Å².